The van der Waals surface area contributed by atoms with Gasteiger partial charge in [-0.15, -0.1) is 0 Å². The molecule has 0 aliphatic heterocycles. The molecule has 1 unspecified atom stereocenters. The highest BCUT2D eigenvalue weighted by molar-refractivity contribution is 4.86. The second kappa shape index (κ2) is 5.29. The standard InChI is InChI=1S/C11H19N3O3/c1-11(2,3)12-6-8(15)7-14-10(17)5-4-9(16)13-14/h4-5,8,12,15H,6-7H2,1-3H3,(H,13,16). The monoisotopic (exact) mass is 241 g/mol. The van der Waals surface area contributed by atoms with Crippen LogP contribution in [0.1, 0.15) is 20.8 Å². The molecule has 6 nitrogen and oxygen atoms in total. The number of nitrogens with one attached hydrogen (secondary N) is 2. The van der Waals surface area contributed by atoms with E-state index in [1.165, 1.54) is 12.1 Å². The quantitative estimate of drug-likeness (QED) is 0.649. The van der Waals surface area contributed by atoms with Gasteiger partial charge in [-0.3, -0.25) is 14.7 Å². The molecular formula is C11H19N3O3. The third-order valence-electron chi connectivity index (χ3n) is 2.15. The highest BCUT2D eigenvalue weighted by Gasteiger charge is 2.13. The molecule has 1 aromatic rings. The Hall–Kier alpha value is -1.40. The van der Waals surface area contributed by atoms with E-state index in [1.807, 2.05) is 20.8 Å². The maximum absolute atomic E-state index is 11.4. The average molecular weight is 241 g/mol. The molecule has 1 rings (SSSR count). The molecule has 0 spiro atoms. The van der Waals surface area contributed by atoms with Gasteiger partial charge in [-0.1, -0.05) is 0 Å². The molecule has 0 radical (unpaired) electrons. The Bertz CT molecular complexity index is 470. The van der Waals surface area contributed by atoms with Crippen LogP contribution in [0.5, 0.6) is 0 Å². The number of β-amino-alcohol motifs (C(OH)–C–C–N with tert-alkyl or cyclic N) is 1. The van der Waals surface area contributed by atoms with Crippen LogP contribution in [0.3, 0.4) is 0 Å². The minimum Gasteiger partial charge on any atom is -0.390 e. The highest BCUT2D eigenvalue weighted by Crippen LogP contribution is 1.98. The fourth-order valence-corrected chi connectivity index (χ4v) is 1.30. The predicted octanol–water partition coefficient (Wildman–Crippen LogP) is -0.714. The van der Waals surface area contributed by atoms with Crippen molar-refractivity contribution in [3.05, 3.63) is 32.8 Å². The number of hydrogen-bond donors (Lipinski definition) is 3. The summed E-state index contributed by atoms with van der Waals surface area (Å²) in [6, 6.07) is 2.35. The van der Waals surface area contributed by atoms with E-state index in [0.29, 0.717) is 6.54 Å². The lowest BCUT2D eigenvalue weighted by Gasteiger charge is -2.23. The number of hydrogen-bond acceptors (Lipinski definition) is 4. The Morgan fingerprint density at radius 1 is 1.41 bits per heavy atom. The first kappa shape index (κ1) is 13.7. The van der Waals surface area contributed by atoms with Crippen LogP contribution in [-0.2, 0) is 6.54 Å². The van der Waals surface area contributed by atoms with Gasteiger partial charge in [0.2, 0.25) is 0 Å². The third-order valence-corrected chi connectivity index (χ3v) is 2.15. The summed E-state index contributed by atoms with van der Waals surface area (Å²) in [7, 11) is 0. The van der Waals surface area contributed by atoms with E-state index in [2.05, 4.69) is 10.4 Å². The number of aromatic nitrogens is 2. The number of aliphatic hydroxyl groups excluding tert-OH is 1. The Morgan fingerprint density at radius 3 is 2.65 bits per heavy atom. The Balaban J connectivity index is 2.62. The van der Waals surface area contributed by atoms with Crippen molar-refractivity contribution in [1.82, 2.24) is 15.1 Å². The second-order valence-electron chi connectivity index (χ2n) is 5.04. The second-order valence-corrected chi connectivity index (χ2v) is 5.04. The van der Waals surface area contributed by atoms with Gasteiger partial charge in [-0.05, 0) is 20.8 Å². The first-order valence-corrected chi connectivity index (χ1v) is 5.51. The van der Waals surface area contributed by atoms with Crippen molar-refractivity contribution in [1.29, 1.82) is 0 Å². The summed E-state index contributed by atoms with van der Waals surface area (Å²) < 4.78 is 1.11. The van der Waals surface area contributed by atoms with Crippen LogP contribution in [0, 0.1) is 0 Å². The van der Waals surface area contributed by atoms with Gasteiger partial charge in [0, 0.05) is 24.2 Å². The van der Waals surface area contributed by atoms with Crippen molar-refractivity contribution < 1.29 is 5.11 Å². The van der Waals surface area contributed by atoms with Crippen LogP contribution in [0.4, 0.5) is 0 Å². The van der Waals surface area contributed by atoms with Gasteiger partial charge < -0.3 is 10.4 Å². The van der Waals surface area contributed by atoms with E-state index in [9.17, 15) is 14.7 Å². The lowest BCUT2D eigenvalue weighted by Crippen LogP contribution is -2.43. The van der Waals surface area contributed by atoms with Gasteiger partial charge in [-0.25, -0.2) is 4.68 Å². The first-order chi connectivity index (χ1) is 7.78. The van der Waals surface area contributed by atoms with Crippen molar-refractivity contribution in [2.75, 3.05) is 6.54 Å². The van der Waals surface area contributed by atoms with Gasteiger partial charge in [0.1, 0.15) is 0 Å². The van der Waals surface area contributed by atoms with Gasteiger partial charge in [0.25, 0.3) is 11.1 Å². The van der Waals surface area contributed by atoms with Gasteiger partial charge >= 0.3 is 0 Å². The van der Waals surface area contributed by atoms with Crippen molar-refractivity contribution in [2.24, 2.45) is 0 Å². The summed E-state index contributed by atoms with van der Waals surface area (Å²) >= 11 is 0. The molecule has 0 aliphatic rings. The number of aliphatic hydroxyl groups is 1. The molecule has 0 fully saturated rings. The summed E-state index contributed by atoms with van der Waals surface area (Å²) in [5, 5.41) is 15.2. The fraction of sp³-hybridized carbons (Fsp3) is 0.636. The summed E-state index contributed by atoms with van der Waals surface area (Å²) in [6.45, 7) is 6.37. The fourth-order valence-electron chi connectivity index (χ4n) is 1.30. The van der Waals surface area contributed by atoms with Crippen molar-refractivity contribution in [2.45, 2.75) is 39.0 Å². The lowest BCUT2D eigenvalue weighted by molar-refractivity contribution is 0.135. The molecule has 96 valence electrons. The van der Waals surface area contributed by atoms with E-state index in [4.69, 9.17) is 0 Å². The van der Waals surface area contributed by atoms with E-state index in [1.54, 1.807) is 0 Å². The minimum atomic E-state index is -0.732. The number of aromatic amines is 1. The SMILES string of the molecule is CC(C)(C)NCC(O)Cn1[nH]c(=O)ccc1=O. The maximum atomic E-state index is 11.4. The molecule has 1 aromatic heterocycles. The molecule has 3 N–H and O–H groups in total. The van der Waals surface area contributed by atoms with Gasteiger partial charge in [-0.2, -0.15) is 0 Å². The van der Waals surface area contributed by atoms with Gasteiger partial charge in [0.15, 0.2) is 0 Å². The molecule has 1 heterocycles. The van der Waals surface area contributed by atoms with Crippen LogP contribution in [0.15, 0.2) is 21.7 Å². The minimum absolute atomic E-state index is 0.0675. The van der Waals surface area contributed by atoms with Crippen molar-refractivity contribution in [3.63, 3.8) is 0 Å². The predicted molar refractivity (Wildman–Crippen MR) is 65.1 cm³/mol. The molecule has 0 aromatic carbocycles. The van der Waals surface area contributed by atoms with E-state index < -0.39 is 6.10 Å². The molecular weight excluding hydrogens is 222 g/mol. The molecule has 0 saturated carbocycles. The Kier molecular flexibility index (Phi) is 4.25. The topological polar surface area (TPSA) is 87.1 Å². The zero-order chi connectivity index (χ0) is 13.1. The Labute approximate surface area is 99.3 Å². The van der Waals surface area contributed by atoms with Crippen LogP contribution in [0.25, 0.3) is 0 Å². The van der Waals surface area contributed by atoms with E-state index in [0.717, 1.165) is 4.68 Å². The van der Waals surface area contributed by atoms with Gasteiger partial charge in [0.05, 0.1) is 12.6 Å². The highest BCUT2D eigenvalue weighted by atomic mass is 16.3. The zero-order valence-electron chi connectivity index (χ0n) is 10.4. The average Bonchev–Trinajstić information content (AvgIpc) is 2.20. The number of rotatable bonds is 4. The summed E-state index contributed by atoms with van der Waals surface area (Å²) in [5.74, 6) is 0. The summed E-state index contributed by atoms with van der Waals surface area (Å²) in [6.07, 6.45) is -0.732. The van der Waals surface area contributed by atoms with Crippen LogP contribution in [0.2, 0.25) is 0 Å². The summed E-state index contributed by atoms with van der Waals surface area (Å²) in [4.78, 5) is 22.4. The number of H-pyrrole nitrogens is 1. The van der Waals surface area contributed by atoms with E-state index >= 15 is 0 Å². The first-order valence-electron chi connectivity index (χ1n) is 5.51. The molecule has 0 saturated heterocycles. The van der Waals surface area contributed by atoms with Crippen LogP contribution < -0.4 is 16.4 Å². The van der Waals surface area contributed by atoms with Crippen LogP contribution >= 0.6 is 0 Å². The molecule has 0 bridgehead atoms. The van der Waals surface area contributed by atoms with Crippen LogP contribution in [-0.4, -0.2) is 33.1 Å². The molecule has 0 amide bonds. The molecule has 0 aliphatic carbocycles. The van der Waals surface area contributed by atoms with Crippen molar-refractivity contribution in [3.8, 4) is 0 Å². The van der Waals surface area contributed by atoms with E-state index in [-0.39, 0.29) is 23.2 Å². The Morgan fingerprint density at radius 2 is 2.06 bits per heavy atom. The molecule has 17 heavy (non-hydrogen) atoms. The molecule has 6 heteroatoms. The summed E-state index contributed by atoms with van der Waals surface area (Å²) in [5.41, 5.74) is -0.796. The number of nitrogens with zero attached hydrogens (tertiary/aromatic N) is 1. The molecule has 1 atom stereocenters. The third kappa shape index (κ3) is 4.97. The largest absolute Gasteiger partial charge is 0.390 e. The normalized spacial score (nSPS) is 13.6. The zero-order valence-corrected chi connectivity index (χ0v) is 10.4. The smallest absolute Gasteiger partial charge is 0.265 e. The lowest BCUT2D eigenvalue weighted by atomic mass is 10.1. The van der Waals surface area contributed by atoms with Crippen molar-refractivity contribution >= 4 is 0 Å². The maximum Gasteiger partial charge on any atom is 0.265 e.